The zero-order valence-corrected chi connectivity index (χ0v) is 52.9. The molecule has 6 rings (SSSR count). The summed E-state index contributed by atoms with van der Waals surface area (Å²) in [6.45, 7) is -0.855. The topological polar surface area (TPSA) is 456 Å². The van der Waals surface area contributed by atoms with E-state index in [-0.39, 0.29) is 155 Å². The molecule has 0 fully saturated rings. The standard InChI is InChI=1S/C68H74N8O22/c69-58(70)36-43-9-15-48(16-10-43)64(87)97-53-21-13-45(14-22-53)42-96-68(90)76(40-47-5-2-7-51(35-47)63(85)86)56(38-60(80)81)61(82)73-25-27-92-29-31-94-33-32-93-30-28-91-26-3-8-57(77)55(37-59(78)79)75(39-46-4-1-6-50(34-46)62(83)84)67(89)95-41-44-11-23-54(24-12-44)98-65(88)49-17-19-52(20-18-49)74-66(71)72/h1-2,4-7,9-24,34-35,55-56H,3,8,25-33,36-42H2,(H3,69,70)(H,73,82)(H,78,79)(H,80,81)(H,83,84)(H,85,86)(H4,71,72,74)/t55-,56-/m0/s1. The van der Waals surface area contributed by atoms with Crippen molar-refractivity contribution in [3.8, 4) is 11.5 Å². The number of ketones is 1. The second kappa shape index (κ2) is 39.3. The second-order valence-corrected chi connectivity index (χ2v) is 21.5. The van der Waals surface area contributed by atoms with Gasteiger partial charge in [0.2, 0.25) is 5.91 Å². The fourth-order valence-corrected chi connectivity index (χ4v) is 9.24. The van der Waals surface area contributed by atoms with Crippen LogP contribution in [0.1, 0.15) is 94.9 Å². The molecule has 0 saturated heterocycles. The van der Waals surface area contributed by atoms with E-state index >= 15 is 0 Å². The summed E-state index contributed by atoms with van der Waals surface area (Å²) >= 11 is 0. The van der Waals surface area contributed by atoms with Gasteiger partial charge in [-0.2, -0.15) is 0 Å². The highest BCUT2D eigenvalue weighted by molar-refractivity contribution is 5.95. The number of carboxylic acid groups (broad SMARTS) is 4. The Morgan fingerprint density at radius 1 is 0.469 bits per heavy atom. The zero-order valence-electron chi connectivity index (χ0n) is 52.9. The van der Waals surface area contributed by atoms with Crippen molar-refractivity contribution < 1.29 is 106 Å². The Bertz CT molecular complexity index is 3500. The second-order valence-electron chi connectivity index (χ2n) is 21.5. The third-order valence-corrected chi connectivity index (χ3v) is 14.0. The number of carbonyl (C=O) groups is 10. The number of amides is 3. The molecule has 0 radical (unpaired) electrons. The normalized spacial score (nSPS) is 11.4. The number of aliphatic carboxylic acids is 2. The summed E-state index contributed by atoms with van der Waals surface area (Å²) in [5, 5.41) is 58.9. The van der Waals surface area contributed by atoms with Crippen molar-refractivity contribution in [3.63, 3.8) is 0 Å². The van der Waals surface area contributed by atoms with E-state index in [1.165, 1.54) is 121 Å². The highest BCUT2D eigenvalue weighted by Crippen LogP contribution is 2.23. The highest BCUT2D eigenvalue weighted by atomic mass is 16.6. The summed E-state index contributed by atoms with van der Waals surface area (Å²) in [6.07, 6.45) is -3.67. The van der Waals surface area contributed by atoms with Gasteiger partial charge in [-0.05, 0) is 119 Å². The Kier molecular flexibility index (Phi) is 30.3. The lowest BCUT2D eigenvalue weighted by Crippen LogP contribution is -2.51. The Balaban J connectivity index is 0.898. The molecule has 0 spiro atoms. The number of rotatable bonds is 41. The molecule has 0 aliphatic rings. The molecule has 0 saturated carbocycles. The molecule has 0 aromatic heterocycles. The van der Waals surface area contributed by atoms with Gasteiger partial charge < -0.3 is 80.4 Å². The van der Waals surface area contributed by atoms with Crippen molar-refractivity contribution in [1.82, 2.24) is 15.1 Å². The van der Waals surface area contributed by atoms with Gasteiger partial charge >= 0.3 is 48.0 Å². The molecule has 0 bridgehead atoms. The van der Waals surface area contributed by atoms with E-state index in [0.717, 1.165) is 15.4 Å². The molecular formula is C68H74N8O22. The lowest BCUT2D eigenvalue weighted by Gasteiger charge is -2.29. The maximum absolute atomic E-state index is 13.8. The number of carbonyl (C=O) groups excluding carboxylic acids is 6. The minimum atomic E-state index is -1.64. The molecule has 0 heterocycles. The van der Waals surface area contributed by atoms with E-state index in [9.17, 15) is 68.4 Å². The van der Waals surface area contributed by atoms with Gasteiger partial charge in [0.15, 0.2) is 11.7 Å². The Morgan fingerprint density at radius 2 is 0.888 bits per heavy atom. The maximum atomic E-state index is 13.8. The quantitative estimate of drug-likeness (QED) is 0.00643. The van der Waals surface area contributed by atoms with Crippen molar-refractivity contribution in [2.24, 2.45) is 11.5 Å². The van der Waals surface area contributed by atoms with E-state index in [0.29, 0.717) is 16.8 Å². The maximum Gasteiger partial charge on any atom is 0.411 e. The third kappa shape index (κ3) is 26.3. The number of nitrogens with two attached hydrogens (primary N) is 2. The molecule has 98 heavy (non-hydrogen) atoms. The van der Waals surface area contributed by atoms with Crippen LogP contribution >= 0.6 is 0 Å². The molecule has 30 nitrogen and oxygen atoms in total. The molecule has 6 aromatic carbocycles. The predicted octanol–water partition coefficient (Wildman–Crippen LogP) is 6.50. The SMILES string of the molecule is N=C(N)Cc1ccc(C(=O)Oc2ccc(COC(=O)N(Cc3cccc(C(=O)O)c3)[C@@H](CC(=O)O)C(=O)NCCOCCOCCOCCOCCCC(=O)[C@H](CC(=O)O)N(Cc3cccc(C(=O)O)c3)C(=O)OCc3ccc(OC(=O)c4ccc(NC(=N)N)cc4)cc3)cc2)cc1. The molecule has 0 unspecified atom stereocenters. The lowest BCUT2D eigenvalue weighted by atomic mass is 10.0. The first-order valence-electron chi connectivity index (χ1n) is 30.3. The van der Waals surface area contributed by atoms with Gasteiger partial charge in [0.1, 0.15) is 36.8 Å². The summed E-state index contributed by atoms with van der Waals surface area (Å²) in [6, 6.07) is 32.2. The van der Waals surface area contributed by atoms with Crippen LogP contribution in [0.5, 0.6) is 11.5 Å². The minimum Gasteiger partial charge on any atom is -0.481 e. The number of esters is 2. The first-order valence-corrected chi connectivity index (χ1v) is 30.3. The van der Waals surface area contributed by atoms with Gasteiger partial charge in [-0.1, -0.05) is 60.7 Å². The number of Topliss-reactive ketones (excluding diaryl/α,β-unsaturated/α-hetero) is 1. The van der Waals surface area contributed by atoms with Crippen LogP contribution in [-0.4, -0.2) is 173 Å². The number of nitrogens with zero attached hydrogens (tertiary/aromatic N) is 2. The largest absolute Gasteiger partial charge is 0.481 e. The Labute approximate surface area is 561 Å². The molecule has 518 valence electrons. The molecule has 30 heteroatoms. The Hall–Kier alpha value is -11.6. The van der Waals surface area contributed by atoms with Crippen LogP contribution in [0.15, 0.2) is 146 Å². The number of carboxylic acids is 4. The predicted molar refractivity (Wildman–Crippen MR) is 348 cm³/mol. The first kappa shape index (κ1) is 75.4. The summed E-state index contributed by atoms with van der Waals surface area (Å²) in [5.74, 6) is -8.13. The minimum absolute atomic E-state index is 0.0298. The third-order valence-electron chi connectivity index (χ3n) is 14.0. The number of benzene rings is 6. The van der Waals surface area contributed by atoms with Crippen molar-refractivity contribution in [1.29, 1.82) is 10.8 Å². The van der Waals surface area contributed by atoms with Gasteiger partial charge in [0.25, 0.3) is 0 Å². The molecule has 6 aromatic rings. The van der Waals surface area contributed by atoms with Crippen LogP contribution < -0.4 is 31.6 Å². The van der Waals surface area contributed by atoms with Gasteiger partial charge in [-0.15, -0.1) is 0 Å². The van der Waals surface area contributed by atoms with Crippen LogP contribution in [-0.2, 0) is 80.3 Å². The fourth-order valence-electron chi connectivity index (χ4n) is 9.24. The van der Waals surface area contributed by atoms with Crippen LogP contribution in [0.4, 0.5) is 15.3 Å². The average molecular weight is 1360 g/mol. The van der Waals surface area contributed by atoms with Gasteiger partial charge in [0.05, 0.1) is 87.2 Å². The van der Waals surface area contributed by atoms with Crippen molar-refractivity contribution in [2.45, 2.75) is 70.5 Å². The van der Waals surface area contributed by atoms with E-state index in [2.05, 4.69) is 10.6 Å². The number of hydrogen-bond donors (Lipinski definition) is 10. The molecule has 0 aliphatic heterocycles. The number of amidine groups is 1. The lowest BCUT2D eigenvalue weighted by molar-refractivity contribution is -0.142. The summed E-state index contributed by atoms with van der Waals surface area (Å²) in [5.41, 5.74) is 13.6. The molecule has 3 amide bonds. The molecule has 0 aliphatic carbocycles. The van der Waals surface area contributed by atoms with Crippen molar-refractivity contribution in [2.75, 3.05) is 64.7 Å². The number of ether oxygens (including phenoxy) is 8. The van der Waals surface area contributed by atoms with Gasteiger partial charge in [-0.25, -0.2) is 28.8 Å². The number of anilines is 1. The number of aromatic carboxylic acids is 2. The van der Waals surface area contributed by atoms with Crippen LogP contribution in [0.3, 0.4) is 0 Å². The fraction of sp³-hybridized carbons (Fsp3) is 0.294. The highest BCUT2D eigenvalue weighted by Gasteiger charge is 2.35. The Morgan fingerprint density at radius 3 is 1.33 bits per heavy atom. The number of guanidine groups is 1. The van der Waals surface area contributed by atoms with E-state index in [4.69, 9.17) is 60.2 Å². The molecule has 2 atom stereocenters. The van der Waals surface area contributed by atoms with E-state index in [1.807, 2.05) is 0 Å². The smallest absolute Gasteiger partial charge is 0.411 e. The zero-order chi connectivity index (χ0) is 70.9. The van der Waals surface area contributed by atoms with E-state index in [1.54, 1.807) is 24.3 Å². The monoisotopic (exact) mass is 1350 g/mol. The van der Waals surface area contributed by atoms with Crippen LogP contribution in [0.2, 0.25) is 0 Å². The van der Waals surface area contributed by atoms with Crippen LogP contribution in [0.25, 0.3) is 0 Å². The summed E-state index contributed by atoms with van der Waals surface area (Å²) in [7, 11) is 0. The first-order chi connectivity index (χ1) is 47.0. The average Bonchev–Trinajstić information content (AvgIpc) is 0.848. The summed E-state index contributed by atoms with van der Waals surface area (Å²) < 4.78 is 44.3. The number of nitrogens with one attached hydrogen (secondary N) is 4. The number of hydrogen-bond acceptors (Lipinski definition) is 20. The van der Waals surface area contributed by atoms with E-state index < -0.39 is 91.2 Å². The van der Waals surface area contributed by atoms with Crippen molar-refractivity contribution in [3.05, 3.63) is 196 Å². The molecular weight excluding hydrogens is 1280 g/mol. The van der Waals surface area contributed by atoms with Crippen LogP contribution in [0, 0.1) is 10.8 Å². The van der Waals surface area contributed by atoms with Crippen molar-refractivity contribution >= 4 is 77.2 Å². The molecule has 12 N–H and O–H groups in total. The summed E-state index contributed by atoms with van der Waals surface area (Å²) in [4.78, 5) is 130. The van der Waals surface area contributed by atoms with Gasteiger partial charge in [0, 0.05) is 44.8 Å². The van der Waals surface area contributed by atoms with Gasteiger partial charge in [-0.3, -0.25) is 39.8 Å².